The van der Waals surface area contributed by atoms with Crippen LogP contribution in [-0.2, 0) is 14.3 Å². The molecule has 2 heterocycles. The van der Waals surface area contributed by atoms with Gasteiger partial charge in [0.1, 0.15) is 0 Å². The van der Waals surface area contributed by atoms with Crippen LogP contribution in [0, 0.1) is 16.7 Å². The zero-order valence-electron chi connectivity index (χ0n) is 10.7. The van der Waals surface area contributed by atoms with Gasteiger partial charge in [-0.3, -0.25) is 4.79 Å². The minimum absolute atomic E-state index is 0.00430. The van der Waals surface area contributed by atoms with Crippen LogP contribution in [0.4, 0.5) is 0 Å². The number of carbonyl (C=O) groups is 1. The van der Waals surface area contributed by atoms with E-state index in [-0.39, 0.29) is 16.8 Å². The van der Waals surface area contributed by atoms with Gasteiger partial charge >= 0.3 is 5.97 Å². The zero-order chi connectivity index (χ0) is 12.1. The fourth-order valence-corrected chi connectivity index (χ4v) is 3.84. The van der Waals surface area contributed by atoms with Crippen molar-refractivity contribution in [2.24, 2.45) is 16.7 Å². The Kier molecular flexibility index (Phi) is 2.49. The standard InChI is InChI=1S/C13H21NO3/c1-14-6-3-10(7-14)13(8-17-9-13)12(4-5-12)11(15)16-2/h10H,3-9H2,1-2H3. The van der Waals surface area contributed by atoms with E-state index in [9.17, 15) is 4.79 Å². The number of hydrogen-bond donors (Lipinski definition) is 0. The number of rotatable bonds is 3. The van der Waals surface area contributed by atoms with Gasteiger partial charge in [0.2, 0.25) is 0 Å². The first-order chi connectivity index (χ1) is 8.14. The summed E-state index contributed by atoms with van der Waals surface area (Å²) in [6, 6.07) is 0. The highest BCUT2D eigenvalue weighted by atomic mass is 16.5. The molecule has 0 aromatic rings. The third-order valence-corrected chi connectivity index (χ3v) is 5.17. The van der Waals surface area contributed by atoms with Crippen molar-refractivity contribution in [2.45, 2.75) is 19.3 Å². The summed E-state index contributed by atoms with van der Waals surface area (Å²) in [4.78, 5) is 14.4. The van der Waals surface area contributed by atoms with Crippen molar-refractivity contribution in [1.82, 2.24) is 4.90 Å². The largest absolute Gasteiger partial charge is 0.469 e. The first kappa shape index (κ1) is 11.5. The first-order valence-electron chi connectivity index (χ1n) is 6.49. The highest BCUT2D eigenvalue weighted by Gasteiger charge is 2.70. The smallest absolute Gasteiger partial charge is 0.312 e. The van der Waals surface area contributed by atoms with Crippen LogP contribution in [0.1, 0.15) is 19.3 Å². The molecular formula is C13H21NO3. The second kappa shape index (κ2) is 3.69. The van der Waals surface area contributed by atoms with Crippen LogP contribution in [0.3, 0.4) is 0 Å². The van der Waals surface area contributed by atoms with Gasteiger partial charge in [-0.1, -0.05) is 0 Å². The minimum Gasteiger partial charge on any atom is -0.469 e. The van der Waals surface area contributed by atoms with Gasteiger partial charge in [0.15, 0.2) is 0 Å². The fourth-order valence-electron chi connectivity index (χ4n) is 3.84. The molecule has 17 heavy (non-hydrogen) atoms. The third-order valence-electron chi connectivity index (χ3n) is 5.17. The molecule has 0 amide bonds. The summed E-state index contributed by atoms with van der Waals surface area (Å²) in [6.07, 6.45) is 3.17. The SMILES string of the molecule is COC(=O)C1(C2(C3CCN(C)C3)COC2)CC1. The molecule has 0 aromatic heterocycles. The molecule has 4 heteroatoms. The number of carbonyl (C=O) groups excluding carboxylic acids is 1. The van der Waals surface area contributed by atoms with Gasteiger partial charge in [-0.25, -0.2) is 0 Å². The van der Waals surface area contributed by atoms with Crippen molar-refractivity contribution in [2.75, 3.05) is 40.5 Å². The molecule has 3 rings (SSSR count). The molecule has 0 N–H and O–H groups in total. The van der Waals surface area contributed by atoms with E-state index in [0.717, 1.165) is 39.1 Å². The van der Waals surface area contributed by atoms with Gasteiger partial charge in [0.05, 0.1) is 25.7 Å². The first-order valence-corrected chi connectivity index (χ1v) is 6.49. The van der Waals surface area contributed by atoms with E-state index in [1.807, 2.05) is 0 Å². The average molecular weight is 239 g/mol. The van der Waals surface area contributed by atoms with E-state index in [4.69, 9.17) is 9.47 Å². The lowest BCUT2D eigenvalue weighted by molar-refractivity contribution is -0.202. The molecule has 0 bridgehead atoms. The molecule has 0 aromatic carbocycles. The summed E-state index contributed by atoms with van der Waals surface area (Å²) in [7, 11) is 3.67. The van der Waals surface area contributed by atoms with E-state index < -0.39 is 0 Å². The van der Waals surface area contributed by atoms with Crippen molar-refractivity contribution >= 4 is 5.97 Å². The van der Waals surface area contributed by atoms with Crippen molar-refractivity contribution in [3.8, 4) is 0 Å². The normalized spacial score (nSPS) is 34.1. The summed E-state index contributed by atoms with van der Waals surface area (Å²) in [5.74, 6) is 0.596. The van der Waals surface area contributed by atoms with E-state index in [0.29, 0.717) is 5.92 Å². The van der Waals surface area contributed by atoms with Gasteiger partial charge in [-0.15, -0.1) is 0 Å². The zero-order valence-corrected chi connectivity index (χ0v) is 10.7. The predicted octanol–water partition coefficient (Wildman–Crippen LogP) is 0.908. The molecule has 96 valence electrons. The molecule has 3 fully saturated rings. The molecule has 2 aliphatic heterocycles. The van der Waals surface area contributed by atoms with Crippen molar-refractivity contribution < 1.29 is 14.3 Å². The summed E-state index contributed by atoms with van der Waals surface area (Å²) < 4.78 is 10.5. The van der Waals surface area contributed by atoms with Gasteiger partial charge in [0, 0.05) is 12.0 Å². The molecule has 2 saturated heterocycles. The van der Waals surface area contributed by atoms with Crippen LogP contribution in [0.25, 0.3) is 0 Å². The number of methoxy groups -OCH3 is 1. The molecule has 0 spiro atoms. The Hall–Kier alpha value is -0.610. The van der Waals surface area contributed by atoms with Crippen LogP contribution >= 0.6 is 0 Å². The Bertz CT molecular complexity index is 334. The Labute approximate surface area is 102 Å². The number of nitrogens with zero attached hydrogens (tertiary/aromatic N) is 1. The molecule has 4 nitrogen and oxygen atoms in total. The van der Waals surface area contributed by atoms with Gasteiger partial charge in [-0.2, -0.15) is 0 Å². The Morgan fingerprint density at radius 2 is 2.12 bits per heavy atom. The lowest BCUT2D eigenvalue weighted by atomic mass is 9.62. The third kappa shape index (κ3) is 1.40. The summed E-state index contributed by atoms with van der Waals surface area (Å²) in [5.41, 5.74) is -0.138. The molecular weight excluding hydrogens is 218 g/mol. The van der Waals surface area contributed by atoms with Crippen LogP contribution in [0.2, 0.25) is 0 Å². The topological polar surface area (TPSA) is 38.8 Å². The molecule has 1 saturated carbocycles. The van der Waals surface area contributed by atoms with Crippen molar-refractivity contribution in [1.29, 1.82) is 0 Å². The van der Waals surface area contributed by atoms with E-state index in [2.05, 4.69) is 11.9 Å². The monoisotopic (exact) mass is 239 g/mol. The van der Waals surface area contributed by atoms with Crippen molar-refractivity contribution in [3.05, 3.63) is 0 Å². The maximum atomic E-state index is 12.1. The molecule has 1 unspecified atom stereocenters. The Morgan fingerprint density at radius 1 is 1.41 bits per heavy atom. The highest BCUT2D eigenvalue weighted by Crippen LogP contribution is 2.66. The maximum Gasteiger partial charge on any atom is 0.312 e. The molecule has 1 atom stereocenters. The van der Waals surface area contributed by atoms with Gasteiger partial charge in [-0.05, 0) is 38.8 Å². The van der Waals surface area contributed by atoms with Crippen LogP contribution in [0.5, 0.6) is 0 Å². The predicted molar refractivity (Wildman–Crippen MR) is 62.5 cm³/mol. The highest BCUT2D eigenvalue weighted by molar-refractivity contribution is 5.81. The summed E-state index contributed by atoms with van der Waals surface area (Å²) in [5, 5.41) is 0. The van der Waals surface area contributed by atoms with Gasteiger partial charge < -0.3 is 14.4 Å². The number of likely N-dealkylation sites (tertiary alicyclic amines) is 1. The second-order valence-corrected chi connectivity index (χ2v) is 5.97. The molecule has 0 radical (unpaired) electrons. The Morgan fingerprint density at radius 3 is 2.47 bits per heavy atom. The molecule has 1 aliphatic carbocycles. The van der Waals surface area contributed by atoms with Crippen LogP contribution in [-0.4, -0.2) is 51.3 Å². The maximum absolute atomic E-state index is 12.1. The number of ether oxygens (including phenoxy) is 2. The lowest BCUT2D eigenvalue weighted by Gasteiger charge is -2.50. The Balaban J connectivity index is 1.85. The van der Waals surface area contributed by atoms with E-state index >= 15 is 0 Å². The van der Waals surface area contributed by atoms with Crippen molar-refractivity contribution in [3.63, 3.8) is 0 Å². The van der Waals surface area contributed by atoms with E-state index in [1.54, 1.807) is 0 Å². The summed E-state index contributed by atoms with van der Waals surface area (Å²) >= 11 is 0. The summed E-state index contributed by atoms with van der Waals surface area (Å²) in [6.45, 7) is 3.74. The fraction of sp³-hybridized carbons (Fsp3) is 0.923. The van der Waals surface area contributed by atoms with E-state index in [1.165, 1.54) is 13.5 Å². The van der Waals surface area contributed by atoms with Crippen LogP contribution < -0.4 is 0 Å². The number of esters is 1. The quantitative estimate of drug-likeness (QED) is 0.686. The lowest BCUT2D eigenvalue weighted by Crippen LogP contribution is -2.58. The average Bonchev–Trinajstić information content (AvgIpc) is 2.95. The number of hydrogen-bond acceptors (Lipinski definition) is 4. The van der Waals surface area contributed by atoms with Gasteiger partial charge in [0.25, 0.3) is 0 Å². The van der Waals surface area contributed by atoms with Crippen LogP contribution in [0.15, 0.2) is 0 Å². The molecule has 3 aliphatic rings. The minimum atomic E-state index is -0.212. The second-order valence-electron chi connectivity index (χ2n) is 5.97.